The molecule has 9 heteroatoms. The highest BCUT2D eigenvalue weighted by Crippen LogP contribution is 2.38. The van der Waals surface area contributed by atoms with Crippen molar-refractivity contribution in [1.29, 1.82) is 0 Å². The normalized spacial score (nSPS) is 12.0. The van der Waals surface area contributed by atoms with E-state index in [0.717, 1.165) is 11.6 Å². The summed E-state index contributed by atoms with van der Waals surface area (Å²) in [7, 11) is 0. The monoisotopic (exact) mass is 406 g/mol. The number of aromatic nitrogens is 4. The molecule has 0 radical (unpaired) electrons. The summed E-state index contributed by atoms with van der Waals surface area (Å²) < 4.78 is 41.4. The molecule has 0 unspecified atom stereocenters. The second kappa shape index (κ2) is 6.96. The summed E-state index contributed by atoms with van der Waals surface area (Å²) >= 11 is 5.94. The summed E-state index contributed by atoms with van der Waals surface area (Å²) in [5, 5.41) is 8.68. The third-order valence-electron chi connectivity index (χ3n) is 4.38. The standard InChI is InChI=1S/C19H14ClF3N4O/c20-14-8-17-15(7-13(14)19(21,22)23)26-18(16-9-24-10-25-16)27(17)12-3-1-11(2-4-12)5-6-28/h1-4,7-10,28H,5-6H2,(H,24,25). The molecule has 0 atom stereocenters. The molecule has 0 saturated carbocycles. The van der Waals surface area contributed by atoms with Gasteiger partial charge >= 0.3 is 6.18 Å². The van der Waals surface area contributed by atoms with Crippen molar-refractivity contribution in [3.63, 3.8) is 0 Å². The Morgan fingerprint density at radius 1 is 1.14 bits per heavy atom. The highest BCUT2D eigenvalue weighted by molar-refractivity contribution is 6.32. The quantitative estimate of drug-likeness (QED) is 0.519. The number of aromatic amines is 1. The van der Waals surface area contributed by atoms with E-state index in [1.807, 2.05) is 24.3 Å². The van der Waals surface area contributed by atoms with E-state index in [-0.39, 0.29) is 12.1 Å². The molecule has 2 aromatic heterocycles. The van der Waals surface area contributed by atoms with Crippen molar-refractivity contribution in [3.05, 3.63) is 65.1 Å². The van der Waals surface area contributed by atoms with Crippen LogP contribution in [-0.2, 0) is 12.6 Å². The van der Waals surface area contributed by atoms with E-state index >= 15 is 0 Å². The summed E-state index contributed by atoms with van der Waals surface area (Å²) in [5.41, 5.74) is 1.88. The molecule has 0 spiro atoms. The first-order chi connectivity index (χ1) is 13.4. The minimum atomic E-state index is -4.57. The zero-order valence-electron chi connectivity index (χ0n) is 14.3. The Hall–Kier alpha value is -2.84. The van der Waals surface area contributed by atoms with Gasteiger partial charge in [-0.2, -0.15) is 13.2 Å². The molecule has 2 heterocycles. The zero-order chi connectivity index (χ0) is 19.9. The van der Waals surface area contributed by atoms with Crippen molar-refractivity contribution in [1.82, 2.24) is 19.5 Å². The summed E-state index contributed by atoms with van der Waals surface area (Å²) in [6.45, 7) is 0.0303. The maximum Gasteiger partial charge on any atom is 0.417 e. The maximum absolute atomic E-state index is 13.2. The highest BCUT2D eigenvalue weighted by atomic mass is 35.5. The number of hydrogen-bond donors (Lipinski definition) is 2. The molecule has 144 valence electrons. The number of halogens is 4. The number of nitrogens with zero attached hydrogens (tertiary/aromatic N) is 3. The molecule has 4 aromatic rings. The van der Waals surface area contributed by atoms with Crippen LogP contribution in [0.3, 0.4) is 0 Å². The van der Waals surface area contributed by atoms with Gasteiger partial charge < -0.3 is 10.1 Å². The van der Waals surface area contributed by atoms with Crippen LogP contribution in [0.1, 0.15) is 11.1 Å². The number of aliphatic hydroxyl groups excluding tert-OH is 1. The second-order valence-electron chi connectivity index (χ2n) is 6.19. The second-order valence-corrected chi connectivity index (χ2v) is 6.60. The van der Waals surface area contributed by atoms with Crippen LogP contribution in [0.25, 0.3) is 28.2 Å². The Balaban J connectivity index is 1.97. The van der Waals surface area contributed by atoms with E-state index in [4.69, 9.17) is 16.7 Å². The molecule has 0 aliphatic rings. The molecular formula is C19H14ClF3N4O. The van der Waals surface area contributed by atoms with Crippen LogP contribution in [0.5, 0.6) is 0 Å². The van der Waals surface area contributed by atoms with Gasteiger partial charge in [0, 0.05) is 12.3 Å². The fourth-order valence-corrected chi connectivity index (χ4v) is 3.34. The van der Waals surface area contributed by atoms with Crippen molar-refractivity contribution in [3.8, 4) is 17.2 Å². The van der Waals surface area contributed by atoms with Crippen LogP contribution in [0.15, 0.2) is 48.9 Å². The van der Waals surface area contributed by atoms with Gasteiger partial charge in [-0.1, -0.05) is 23.7 Å². The molecule has 0 aliphatic heterocycles. The van der Waals surface area contributed by atoms with Gasteiger partial charge in [-0.25, -0.2) is 9.97 Å². The molecule has 0 saturated heterocycles. The Labute approximate surface area is 162 Å². The molecular weight excluding hydrogens is 393 g/mol. The summed E-state index contributed by atoms with van der Waals surface area (Å²) in [5.74, 6) is 0.415. The number of H-pyrrole nitrogens is 1. The summed E-state index contributed by atoms with van der Waals surface area (Å²) in [6, 6.07) is 9.55. The molecule has 28 heavy (non-hydrogen) atoms. The van der Waals surface area contributed by atoms with Gasteiger partial charge in [0.15, 0.2) is 5.82 Å². The van der Waals surface area contributed by atoms with E-state index in [0.29, 0.717) is 29.1 Å². The van der Waals surface area contributed by atoms with E-state index < -0.39 is 16.8 Å². The smallest absolute Gasteiger partial charge is 0.396 e. The zero-order valence-corrected chi connectivity index (χ0v) is 15.1. The maximum atomic E-state index is 13.2. The minimum absolute atomic E-state index is 0.0303. The van der Waals surface area contributed by atoms with Gasteiger partial charge in [0.1, 0.15) is 5.69 Å². The third kappa shape index (κ3) is 3.25. The number of aliphatic hydroxyl groups is 1. The average Bonchev–Trinajstić information content (AvgIpc) is 3.28. The number of nitrogens with one attached hydrogen (secondary N) is 1. The Morgan fingerprint density at radius 3 is 2.50 bits per heavy atom. The van der Waals surface area contributed by atoms with E-state index in [1.54, 1.807) is 10.8 Å². The van der Waals surface area contributed by atoms with E-state index in [9.17, 15) is 13.2 Å². The van der Waals surface area contributed by atoms with Gasteiger partial charge in [-0.05, 0) is 36.2 Å². The average molecular weight is 407 g/mol. The summed E-state index contributed by atoms with van der Waals surface area (Å²) in [6.07, 6.45) is -1.05. The Bertz CT molecular complexity index is 1120. The van der Waals surface area contributed by atoms with Crippen LogP contribution in [0.2, 0.25) is 5.02 Å². The van der Waals surface area contributed by atoms with Crippen LogP contribution in [-0.4, -0.2) is 31.2 Å². The number of imidazole rings is 2. The van der Waals surface area contributed by atoms with Crippen molar-refractivity contribution in [2.45, 2.75) is 12.6 Å². The van der Waals surface area contributed by atoms with Crippen LogP contribution in [0.4, 0.5) is 13.2 Å². The van der Waals surface area contributed by atoms with Crippen molar-refractivity contribution >= 4 is 22.6 Å². The van der Waals surface area contributed by atoms with Crippen LogP contribution in [0, 0.1) is 0 Å². The first-order valence-electron chi connectivity index (χ1n) is 8.36. The fraction of sp³-hybridized carbons (Fsp3) is 0.158. The molecule has 0 bridgehead atoms. The number of rotatable bonds is 4. The fourth-order valence-electron chi connectivity index (χ4n) is 3.08. The first-order valence-corrected chi connectivity index (χ1v) is 8.74. The summed E-state index contributed by atoms with van der Waals surface area (Å²) in [4.78, 5) is 11.3. The van der Waals surface area contributed by atoms with Gasteiger partial charge in [0.2, 0.25) is 0 Å². The highest BCUT2D eigenvalue weighted by Gasteiger charge is 2.34. The molecule has 0 aliphatic carbocycles. The number of hydrogen-bond acceptors (Lipinski definition) is 3. The third-order valence-corrected chi connectivity index (χ3v) is 4.70. The lowest BCUT2D eigenvalue weighted by atomic mass is 10.1. The minimum Gasteiger partial charge on any atom is -0.396 e. The molecule has 0 amide bonds. The van der Waals surface area contributed by atoms with Gasteiger partial charge in [-0.3, -0.25) is 4.57 Å². The van der Waals surface area contributed by atoms with E-state index in [1.165, 1.54) is 12.4 Å². The lowest BCUT2D eigenvalue weighted by Crippen LogP contribution is -2.06. The van der Waals surface area contributed by atoms with Crippen molar-refractivity contribution < 1.29 is 18.3 Å². The number of alkyl halides is 3. The van der Waals surface area contributed by atoms with Crippen LogP contribution < -0.4 is 0 Å². The SMILES string of the molecule is OCCc1ccc(-n2c(-c3cnc[nH]3)nc3cc(C(F)(F)F)c(Cl)cc32)cc1. The van der Waals surface area contributed by atoms with E-state index in [2.05, 4.69) is 15.0 Å². The van der Waals surface area contributed by atoms with Gasteiger partial charge in [-0.15, -0.1) is 0 Å². The predicted octanol–water partition coefficient (Wildman–Crippen LogP) is 4.62. The van der Waals surface area contributed by atoms with Gasteiger partial charge in [0.25, 0.3) is 0 Å². The van der Waals surface area contributed by atoms with Crippen LogP contribution >= 0.6 is 11.6 Å². The molecule has 2 aromatic carbocycles. The number of benzene rings is 2. The lowest BCUT2D eigenvalue weighted by molar-refractivity contribution is -0.137. The topological polar surface area (TPSA) is 66.7 Å². The Kier molecular flexibility index (Phi) is 4.60. The molecule has 4 rings (SSSR count). The first kappa shape index (κ1) is 18.5. The van der Waals surface area contributed by atoms with Crippen molar-refractivity contribution in [2.24, 2.45) is 0 Å². The predicted molar refractivity (Wildman–Crippen MR) is 99.5 cm³/mol. The Morgan fingerprint density at radius 2 is 1.89 bits per heavy atom. The molecule has 2 N–H and O–H groups in total. The largest absolute Gasteiger partial charge is 0.417 e. The number of fused-ring (bicyclic) bond motifs is 1. The lowest BCUT2D eigenvalue weighted by Gasteiger charge is -2.11. The van der Waals surface area contributed by atoms with Gasteiger partial charge in [0.05, 0.1) is 34.1 Å². The molecule has 5 nitrogen and oxygen atoms in total. The molecule has 0 fully saturated rings. The van der Waals surface area contributed by atoms with Crippen molar-refractivity contribution in [2.75, 3.05) is 6.61 Å².